The minimum atomic E-state index is -0.777. The number of hydrogen-bond acceptors (Lipinski definition) is 5. The van der Waals surface area contributed by atoms with Crippen LogP contribution in [0, 0.1) is 10.8 Å². The van der Waals surface area contributed by atoms with E-state index in [2.05, 4.69) is 0 Å². The molecule has 0 aliphatic rings. The maximum Gasteiger partial charge on any atom is 0.306 e. The molecule has 1 aromatic carbocycles. The highest BCUT2D eigenvalue weighted by Crippen LogP contribution is 2.26. The zero-order valence-corrected chi connectivity index (χ0v) is 18.9. The van der Waals surface area contributed by atoms with Crippen LogP contribution in [0.1, 0.15) is 65.4 Å². The summed E-state index contributed by atoms with van der Waals surface area (Å²) in [5.41, 5.74) is 0.551. The van der Waals surface area contributed by atoms with Crippen molar-refractivity contribution in [2.45, 2.75) is 66.4 Å². The van der Waals surface area contributed by atoms with Crippen molar-refractivity contribution in [2.24, 2.45) is 10.8 Å². The highest BCUT2D eigenvalue weighted by Gasteiger charge is 2.23. The summed E-state index contributed by atoms with van der Waals surface area (Å²) >= 11 is 0. The van der Waals surface area contributed by atoms with Crippen molar-refractivity contribution in [3.63, 3.8) is 0 Å². The summed E-state index contributed by atoms with van der Waals surface area (Å²) in [5, 5.41) is 8.87. The first-order valence-corrected chi connectivity index (χ1v) is 10.7. The topological polar surface area (TPSA) is 82.1 Å². The molecule has 0 aliphatic heterocycles. The van der Waals surface area contributed by atoms with Gasteiger partial charge in [0.25, 0.3) is 0 Å². The first-order valence-electron chi connectivity index (χ1n) is 10.7. The second-order valence-electron chi connectivity index (χ2n) is 9.30. The molecule has 1 N–H and O–H groups in total. The molecule has 6 heteroatoms. The van der Waals surface area contributed by atoms with Crippen LogP contribution in [0.3, 0.4) is 0 Å². The number of ether oxygens (including phenoxy) is 3. The number of esters is 1. The molecule has 0 fully saturated rings. The number of aliphatic carboxylic acids is 1. The Morgan fingerprint density at radius 1 is 0.833 bits per heavy atom. The first kappa shape index (κ1) is 26.1. The normalized spacial score (nSPS) is 12.0. The van der Waals surface area contributed by atoms with Gasteiger partial charge in [-0.2, -0.15) is 0 Å². The van der Waals surface area contributed by atoms with Gasteiger partial charge >= 0.3 is 11.9 Å². The van der Waals surface area contributed by atoms with Gasteiger partial charge in [0.2, 0.25) is 0 Å². The van der Waals surface area contributed by atoms with Gasteiger partial charge in [0, 0.05) is 26.4 Å². The van der Waals surface area contributed by atoms with E-state index in [0.717, 1.165) is 18.4 Å². The summed E-state index contributed by atoms with van der Waals surface area (Å²) in [6, 6.07) is 9.66. The maximum absolute atomic E-state index is 12.1. The van der Waals surface area contributed by atoms with Crippen LogP contribution in [0.5, 0.6) is 0 Å². The third-order valence-electron chi connectivity index (χ3n) is 4.92. The smallest absolute Gasteiger partial charge is 0.306 e. The molecule has 0 bridgehead atoms. The summed E-state index contributed by atoms with van der Waals surface area (Å²) in [7, 11) is 0. The Kier molecular flexibility index (Phi) is 11.7. The fourth-order valence-electron chi connectivity index (χ4n) is 2.93. The van der Waals surface area contributed by atoms with E-state index in [0.29, 0.717) is 45.9 Å². The Hall–Kier alpha value is -1.92. The van der Waals surface area contributed by atoms with E-state index >= 15 is 0 Å². The molecule has 0 atom stereocenters. The number of carboxylic acids is 1. The Bertz CT molecular complexity index is 624. The second-order valence-corrected chi connectivity index (χ2v) is 9.30. The minimum absolute atomic E-state index is 0.148. The van der Waals surface area contributed by atoms with Crippen molar-refractivity contribution in [1.82, 2.24) is 0 Å². The molecule has 0 aromatic heterocycles. The average Bonchev–Trinajstić information content (AvgIpc) is 2.64. The molecule has 0 saturated heterocycles. The van der Waals surface area contributed by atoms with E-state index in [1.807, 2.05) is 58.0 Å². The summed E-state index contributed by atoms with van der Waals surface area (Å²) in [6.45, 7) is 10.6. The molecule has 0 radical (unpaired) electrons. The van der Waals surface area contributed by atoms with Gasteiger partial charge in [-0.15, -0.1) is 0 Å². The lowest BCUT2D eigenvalue weighted by molar-refractivity contribution is -0.147. The van der Waals surface area contributed by atoms with Crippen LogP contribution in [0.25, 0.3) is 0 Å². The quantitative estimate of drug-likeness (QED) is 0.303. The molecule has 30 heavy (non-hydrogen) atoms. The summed E-state index contributed by atoms with van der Waals surface area (Å²) in [4.78, 5) is 22.9. The van der Waals surface area contributed by atoms with Gasteiger partial charge in [-0.3, -0.25) is 9.59 Å². The van der Waals surface area contributed by atoms with Gasteiger partial charge in [-0.1, -0.05) is 58.0 Å². The molecule has 0 unspecified atom stereocenters. The summed E-state index contributed by atoms with van der Waals surface area (Å²) in [6.07, 6.45) is 2.79. The Morgan fingerprint density at radius 2 is 1.37 bits per heavy atom. The van der Waals surface area contributed by atoms with Gasteiger partial charge < -0.3 is 19.3 Å². The van der Waals surface area contributed by atoms with Crippen molar-refractivity contribution in [1.29, 1.82) is 0 Å². The summed E-state index contributed by atoms with van der Waals surface area (Å²) < 4.78 is 16.6. The third-order valence-corrected chi connectivity index (χ3v) is 4.92. The largest absolute Gasteiger partial charge is 0.481 e. The molecule has 0 saturated carbocycles. The number of benzene rings is 1. The van der Waals surface area contributed by atoms with Gasteiger partial charge in [0.1, 0.15) is 6.61 Å². The molecule has 6 nitrogen and oxygen atoms in total. The lowest BCUT2D eigenvalue weighted by atomic mass is 9.86. The number of carboxylic acid groups (broad SMARTS) is 1. The van der Waals surface area contributed by atoms with Gasteiger partial charge in [-0.05, 0) is 35.7 Å². The van der Waals surface area contributed by atoms with Crippen LogP contribution in [0.15, 0.2) is 30.3 Å². The molecule has 0 heterocycles. The zero-order chi connectivity index (χ0) is 22.5. The SMILES string of the molecule is CC(C)(CCOCCCOCCC(C)(C)CC(=O)OCc1ccccc1)CC(=O)O. The third kappa shape index (κ3) is 13.3. The van der Waals surface area contributed by atoms with Crippen molar-refractivity contribution >= 4 is 11.9 Å². The van der Waals surface area contributed by atoms with Crippen molar-refractivity contribution in [3.8, 4) is 0 Å². The van der Waals surface area contributed by atoms with E-state index in [9.17, 15) is 9.59 Å². The molecule has 0 spiro atoms. The van der Waals surface area contributed by atoms with Crippen molar-refractivity contribution < 1.29 is 28.9 Å². The number of carbonyl (C=O) groups excluding carboxylic acids is 1. The van der Waals surface area contributed by atoms with Crippen LogP contribution in [0.4, 0.5) is 0 Å². The highest BCUT2D eigenvalue weighted by atomic mass is 16.5. The fourth-order valence-corrected chi connectivity index (χ4v) is 2.93. The zero-order valence-electron chi connectivity index (χ0n) is 18.9. The number of rotatable bonds is 16. The van der Waals surface area contributed by atoms with Crippen LogP contribution in [-0.4, -0.2) is 43.5 Å². The van der Waals surface area contributed by atoms with E-state index in [4.69, 9.17) is 19.3 Å². The average molecular weight is 423 g/mol. The monoisotopic (exact) mass is 422 g/mol. The van der Waals surface area contributed by atoms with Gasteiger partial charge in [-0.25, -0.2) is 0 Å². The van der Waals surface area contributed by atoms with Crippen molar-refractivity contribution in [2.75, 3.05) is 26.4 Å². The second kappa shape index (κ2) is 13.4. The molecular weight excluding hydrogens is 384 g/mol. The van der Waals surface area contributed by atoms with Crippen LogP contribution >= 0.6 is 0 Å². The fraction of sp³-hybridized carbons (Fsp3) is 0.667. The van der Waals surface area contributed by atoms with E-state index in [1.165, 1.54) is 0 Å². The van der Waals surface area contributed by atoms with Crippen LogP contribution < -0.4 is 0 Å². The lowest BCUT2D eigenvalue weighted by Gasteiger charge is -2.23. The molecule has 1 rings (SSSR count). The van der Waals surface area contributed by atoms with Crippen LogP contribution in [-0.2, 0) is 30.4 Å². The molecule has 1 aromatic rings. The van der Waals surface area contributed by atoms with Gasteiger partial charge in [0.15, 0.2) is 0 Å². The van der Waals surface area contributed by atoms with E-state index in [1.54, 1.807) is 0 Å². The first-order chi connectivity index (χ1) is 14.1. The standard InChI is InChI=1S/C24H38O6/c1-23(2,17-21(25)26)11-15-28-13-8-14-29-16-12-24(3,4)18-22(27)30-19-20-9-6-5-7-10-20/h5-7,9-10H,8,11-19H2,1-4H3,(H,25,26). The van der Waals surface area contributed by atoms with E-state index < -0.39 is 5.97 Å². The van der Waals surface area contributed by atoms with Gasteiger partial charge in [0.05, 0.1) is 12.8 Å². The Labute approximate surface area is 180 Å². The predicted octanol–water partition coefficient (Wildman–Crippen LogP) is 4.85. The van der Waals surface area contributed by atoms with Crippen molar-refractivity contribution in [3.05, 3.63) is 35.9 Å². The highest BCUT2D eigenvalue weighted by molar-refractivity contribution is 5.70. The van der Waals surface area contributed by atoms with Crippen LogP contribution in [0.2, 0.25) is 0 Å². The molecule has 170 valence electrons. The molecule has 0 aliphatic carbocycles. The molecule has 0 amide bonds. The number of carbonyl (C=O) groups is 2. The Balaban J connectivity index is 2.05. The Morgan fingerprint density at radius 3 is 1.90 bits per heavy atom. The minimum Gasteiger partial charge on any atom is -0.481 e. The van der Waals surface area contributed by atoms with E-state index in [-0.39, 0.29) is 23.2 Å². The summed E-state index contributed by atoms with van der Waals surface area (Å²) in [5.74, 6) is -0.969. The maximum atomic E-state index is 12.1. The predicted molar refractivity (Wildman–Crippen MR) is 116 cm³/mol. The lowest BCUT2D eigenvalue weighted by Crippen LogP contribution is -2.21. The number of hydrogen-bond donors (Lipinski definition) is 1. The molecular formula is C24H38O6.